The molecule has 0 radical (unpaired) electrons. The molecule has 0 bridgehead atoms. The summed E-state index contributed by atoms with van der Waals surface area (Å²) in [6.07, 6.45) is 0. The summed E-state index contributed by atoms with van der Waals surface area (Å²) in [5, 5.41) is 9.49. The van der Waals surface area contributed by atoms with Gasteiger partial charge in [0.15, 0.2) is 11.5 Å². The van der Waals surface area contributed by atoms with Gasteiger partial charge in [-0.3, -0.25) is 9.89 Å². The lowest BCUT2D eigenvalue weighted by Crippen LogP contribution is -2.23. The number of fused-ring (bicyclic) bond motifs is 1. The van der Waals surface area contributed by atoms with Crippen molar-refractivity contribution in [3.8, 4) is 34.6 Å². The van der Waals surface area contributed by atoms with Gasteiger partial charge in [0.05, 0.1) is 17.8 Å². The average molecular weight is 363 g/mol. The van der Waals surface area contributed by atoms with Crippen LogP contribution in [0, 0.1) is 17.7 Å². The van der Waals surface area contributed by atoms with Crippen molar-refractivity contribution in [1.29, 1.82) is 0 Å². The molecule has 0 spiro atoms. The standard InChI is InChI=1S/C20H14FN3O3/c21-15-6-2-1-4-13(15)5-3-9-22-20(25)17-11-16(23-24-17)14-7-8-18-19(10-14)27-12-26-18/h1-2,4,6-8,10-11H,9,12H2,(H,22,25)(H,23,24). The van der Waals surface area contributed by atoms with E-state index in [1.807, 2.05) is 6.07 Å². The largest absolute Gasteiger partial charge is 0.454 e. The van der Waals surface area contributed by atoms with Crippen molar-refractivity contribution >= 4 is 5.91 Å². The number of rotatable bonds is 3. The van der Waals surface area contributed by atoms with Crippen molar-refractivity contribution in [2.75, 3.05) is 13.3 Å². The second kappa shape index (κ2) is 7.22. The van der Waals surface area contributed by atoms with Crippen LogP contribution in [0.2, 0.25) is 0 Å². The Kier molecular flexibility index (Phi) is 4.45. The third-order valence-electron chi connectivity index (χ3n) is 3.93. The zero-order valence-electron chi connectivity index (χ0n) is 14.1. The molecule has 1 aliphatic rings. The van der Waals surface area contributed by atoms with Gasteiger partial charge < -0.3 is 14.8 Å². The van der Waals surface area contributed by atoms with Crippen molar-refractivity contribution < 1.29 is 18.7 Å². The molecule has 0 atom stereocenters. The molecule has 0 saturated heterocycles. The number of ether oxygens (including phenoxy) is 2. The van der Waals surface area contributed by atoms with Crippen molar-refractivity contribution in [1.82, 2.24) is 15.5 Å². The first-order valence-electron chi connectivity index (χ1n) is 8.18. The molecule has 1 amide bonds. The Morgan fingerprint density at radius 1 is 1.19 bits per heavy atom. The predicted molar refractivity (Wildman–Crippen MR) is 95.8 cm³/mol. The van der Waals surface area contributed by atoms with Crippen LogP contribution in [-0.2, 0) is 0 Å². The number of amides is 1. The van der Waals surface area contributed by atoms with E-state index in [9.17, 15) is 9.18 Å². The van der Waals surface area contributed by atoms with Crippen molar-refractivity contribution in [2.24, 2.45) is 0 Å². The van der Waals surface area contributed by atoms with Gasteiger partial charge in [0.25, 0.3) is 5.91 Å². The lowest BCUT2D eigenvalue weighted by atomic mass is 10.1. The van der Waals surface area contributed by atoms with E-state index < -0.39 is 5.82 Å². The Bertz CT molecular complexity index is 1070. The lowest BCUT2D eigenvalue weighted by Gasteiger charge is -1.99. The highest BCUT2D eigenvalue weighted by Crippen LogP contribution is 2.35. The molecule has 1 aliphatic heterocycles. The van der Waals surface area contributed by atoms with Crippen LogP contribution in [0.5, 0.6) is 11.5 Å². The van der Waals surface area contributed by atoms with Gasteiger partial charge in [0.2, 0.25) is 6.79 Å². The molecule has 0 saturated carbocycles. The molecule has 134 valence electrons. The van der Waals surface area contributed by atoms with E-state index in [4.69, 9.17) is 9.47 Å². The molecule has 2 N–H and O–H groups in total. The molecule has 0 fully saturated rings. The van der Waals surface area contributed by atoms with Crippen molar-refractivity contribution in [2.45, 2.75) is 0 Å². The fourth-order valence-electron chi connectivity index (χ4n) is 2.56. The minimum atomic E-state index is -0.390. The summed E-state index contributed by atoms with van der Waals surface area (Å²) in [5.41, 5.74) is 2.00. The second-order valence-corrected chi connectivity index (χ2v) is 5.70. The number of carbonyl (C=O) groups excluding carboxylic acids is 1. The van der Waals surface area contributed by atoms with Crippen LogP contribution < -0.4 is 14.8 Å². The third kappa shape index (κ3) is 3.60. The van der Waals surface area contributed by atoms with E-state index in [1.165, 1.54) is 6.07 Å². The van der Waals surface area contributed by atoms with Gasteiger partial charge in [-0.25, -0.2) is 4.39 Å². The van der Waals surface area contributed by atoms with E-state index in [1.54, 1.807) is 36.4 Å². The lowest BCUT2D eigenvalue weighted by molar-refractivity contribution is 0.0953. The fourth-order valence-corrected chi connectivity index (χ4v) is 2.56. The number of nitrogens with zero attached hydrogens (tertiary/aromatic N) is 1. The van der Waals surface area contributed by atoms with Gasteiger partial charge in [0.1, 0.15) is 11.5 Å². The maximum Gasteiger partial charge on any atom is 0.270 e. The Labute approximate surface area is 154 Å². The van der Waals surface area contributed by atoms with Crippen molar-refractivity contribution in [3.63, 3.8) is 0 Å². The van der Waals surface area contributed by atoms with Crippen LogP contribution in [0.15, 0.2) is 48.5 Å². The molecule has 0 aliphatic carbocycles. The fraction of sp³-hybridized carbons (Fsp3) is 0.100. The molecule has 1 aromatic heterocycles. The number of halogens is 1. The van der Waals surface area contributed by atoms with Crippen LogP contribution in [0.3, 0.4) is 0 Å². The van der Waals surface area contributed by atoms with Crippen molar-refractivity contribution in [3.05, 3.63) is 65.6 Å². The van der Waals surface area contributed by atoms with E-state index in [2.05, 4.69) is 27.4 Å². The maximum absolute atomic E-state index is 13.5. The highest BCUT2D eigenvalue weighted by Gasteiger charge is 2.16. The zero-order chi connectivity index (χ0) is 18.6. The number of benzene rings is 2. The van der Waals surface area contributed by atoms with Gasteiger partial charge in [0, 0.05) is 5.56 Å². The van der Waals surface area contributed by atoms with Crippen LogP contribution in [0.1, 0.15) is 16.1 Å². The summed E-state index contributed by atoms with van der Waals surface area (Å²) in [5.74, 6) is 5.99. The molecule has 2 aromatic carbocycles. The van der Waals surface area contributed by atoms with E-state index >= 15 is 0 Å². The Morgan fingerprint density at radius 3 is 2.93 bits per heavy atom. The summed E-state index contributed by atoms with van der Waals surface area (Å²) in [6.45, 7) is 0.284. The Hall–Kier alpha value is -3.79. The van der Waals surface area contributed by atoms with Crippen LogP contribution in [0.25, 0.3) is 11.3 Å². The number of carbonyl (C=O) groups is 1. The average Bonchev–Trinajstić information content (AvgIpc) is 3.35. The first-order chi connectivity index (χ1) is 13.2. The quantitative estimate of drug-likeness (QED) is 0.702. The molecule has 2 heterocycles. The molecule has 27 heavy (non-hydrogen) atoms. The van der Waals surface area contributed by atoms with Crippen LogP contribution in [-0.4, -0.2) is 29.4 Å². The molecule has 0 unspecified atom stereocenters. The minimum Gasteiger partial charge on any atom is -0.454 e. The van der Waals surface area contributed by atoms with E-state index in [-0.39, 0.29) is 19.2 Å². The minimum absolute atomic E-state index is 0.0888. The normalized spacial score (nSPS) is 11.6. The summed E-state index contributed by atoms with van der Waals surface area (Å²) < 4.78 is 24.1. The predicted octanol–water partition coefficient (Wildman–Crippen LogP) is 2.73. The van der Waals surface area contributed by atoms with Crippen LogP contribution in [0.4, 0.5) is 4.39 Å². The summed E-state index contributed by atoms with van der Waals surface area (Å²) in [7, 11) is 0. The SMILES string of the molecule is O=C(NCC#Cc1ccccc1F)c1cc(-c2ccc3c(c2)OCO3)n[nH]1. The smallest absolute Gasteiger partial charge is 0.270 e. The number of nitrogens with one attached hydrogen (secondary N) is 2. The summed E-state index contributed by atoms with van der Waals surface area (Å²) in [6, 6.07) is 13.3. The molecule has 6 nitrogen and oxygen atoms in total. The topological polar surface area (TPSA) is 76.2 Å². The molecule has 3 aromatic rings. The monoisotopic (exact) mass is 363 g/mol. The summed E-state index contributed by atoms with van der Waals surface area (Å²) >= 11 is 0. The number of aromatic amines is 1. The second-order valence-electron chi connectivity index (χ2n) is 5.70. The molecular formula is C20H14FN3O3. The van der Waals surface area contributed by atoms with Gasteiger partial charge in [-0.2, -0.15) is 5.10 Å². The first-order valence-corrected chi connectivity index (χ1v) is 8.18. The van der Waals surface area contributed by atoms with E-state index in [0.717, 1.165) is 5.56 Å². The Morgan fingerprint density at radius 2 is 2.04 bits per heavy atom. The number of H-pyrrole nitrogens is 1. The Balaban J connectivity index is 1.40. The molecule has 4 rings (SSSR count). The number of hydrogen-bond acceptors (Lipinski definition) is 4. The van der Waals surface area contributed by atoms with Gasteiger partial charge in [-0.1, -0.05) is 24.0 Å². The number of aromatic nitrogens is 2. The maximum atomic E-state index is 13.5. The van der Waals surface area contributed by atoms with Gasteiger partial charge >= 0.3 is 0 Å². The molecular weight excluding hydrogens is 349 g/mol. The van der Waals surface area contributed by atoms with Gasteiger partial charge in [-0.05, 0) is 36.4 Å². The summed E-state index contributed by atoms with van der Waals surface area (Å²) in [4.78, 5) is 12.2. The molecule has 7 heteroatoms. The van der Waals surface area contributed by atoms with Gasteiger partial charge in [-0.15, -0.1) is 0 Å². The van der Waals surface area contributed by atoms with E-state index in [0.29, 0.717) is 28.5 Å². The highest BCUT2D eigenvalue weighted by atomic mass is 19.1. The first kappa shape index (κ1) is 16.7. The third-order valence-corrected chi connectivity index (χ3v) is 3.93. The highest BCUT2D eigenvalue weighted by molar-refractivity contribution is 5.93. The van der Waals surface area contributed by atoms with Crippen LogP contribution >= 0.6 is 0 Å². The zero-order valence-corrected chi connectivity index (χ0v) is 14.1. The number of hydrogen-bond donors (Lipinski definition) is 2.